The number of carbonyl (C=O) groups is 1. The molecule has 1 saturated carbocycles. The van der Waals surface area contributed by atoms with Crippen LogP contribution >= 0.6 is 0 Å². The Morgan fingerprint density at radius 1 is 1.40 bits per heavy atom. The molecular weight excluding hydrogens is 276 g/mol. The van der Waals surface area contributed by atoms with Crippen molar-refractivity contribution in [2.24, 2.45) is 10.6 Å². The molecule has 0 bridgehead atoms. The smallest absolute Gasteiger partial charge is 0.251 e. The summed E-state index contributed by atoms with van der Waals surface area (Å²) in [7, 11) is -3.79. The topological polar surface area (TPSA) is 89.3 Å². The first-order chi connectivity index (χ1) is 9.27. The molecule has 5 nitrogen and oxygen atoms in total. The molecule has 1 fully saturated rings. The van der Waals surface area contributed by atoms with Crippen LogP contribution < -0.4 is 10.5 Å². The predicted molar refractivity (Wildman–Crippen MR) is 76.8 cm³/mol. The van der Waals surface area contributed by atoms with Crippen molar-refractivity contribution in [2.45, 2.75) is 38.0 Å². The van der Waals surface area contributed by atoms with Crippen LogP contribution in [0, 0.1) is 12.3 Å². The maximum absolute atomic E-state index is 12.2. The third-order valence-electron chi connectivity index (χ3n) is 4.11. The second kappa shape index (κ2) is 5.18. The van der Waals surface area contributed by atoms with E-state index < -0.39 is 10.0 Å². The molecule has 1 aromatic rings. The molecule has 6 heteroatoms. The summed E-state index contributed by atoms with van der Waals surface area (Å²) in [5.41, 5.74) is 1.35. The molecule has 20 heavy (non-hydrogen) atoms. The second-order valence-electron chi connectivity index (χ2n) is 5.56. The van der Waals surface area contributed by atoms with E-state index >= 15 is 0 Å². The van der Waals surface area contributed by atoms with Crippen molar-refractivity contribution in [1.82, 2.24) is 5.32 Å². The van der Waals surface area contributed by atoms with Gasteiger partial charge < -0.3 is 5.32 Å². The van der Waals surface area contributed by atoms with Crippen LogP contribution in [0.2, 0.25) is 0 Å². The Kier molecular flexibility index (Phi) is 3.88. The minimum Gasteiger partial charge on any atom is -0.351 e. The second-order valence-corrected chi connectivity index (χ2v) is 7.12. The molecule has 1 aliphatic carbocycles. The van der Waals surface area contributed by atoms with Crippen LogP contribution in [0.5, 0.6) is 0 Å². The van der Waals surface area contributed by atoms with Crippen LogP contribution in [0.4, 0.5) is 0 Å². The van der Waals surface area contributed by atoms with E-state index in [1.165, 1.54) is 12.1 Å². The van der Waals surface area contributed by atoms with E-state index in [9.17, 15) is 13.2 Å². The van der Waals surface area contributed by atoms with Gasteiger partial charge in [0.05, 0.1) is 4.90 Å². The minimum absolute atomic E-state index is 0.0372. The fraction of sp³-hybridized carbons (Fsp3) is 0.500. The molecule has 1 aliphatic rings. The summed E-state index contributed by atoms with van der Waals surface area (Å²) in [5, 5.41) is 7.99. The third kappa shape index (κ3) is 3.19. The maximum Gasteiger partial charge on any atom is 0.251 e. The summed E-state index contributed by atoms with van der Waals surface area (Å²) < 4.78 is 22.7. The highest BCUT2D eigenvalue weighted by Gasteiger charge is 2.40. The zero-order chi connectivity index (χ0) is 15.0. The van der Waals surface area contributed by atoms with Gasteiger partial charge in [-0.25, -0.2) is 13.6 Å². The van der Waals surface area contributed by atoms with E-state index in [0.29, 0.717) is 12.1 Å². The standard InChI is InChI=1S/C14H20N2O3S/c1-3-14(6-7-14)9-16-13(17)12-8-11(20(15,18)19)5-4-10(12)2/h4-5,8H,3,6-7,9H2,1-2H3,(H,16,17)(H2,15,18,19). The van der Waals surface area contributed by atoms with Crippen LogP contribution in [-0.4, -0.2) is 20.9 Å². The van der Waals surface area contributed by atoms with E-state index in [-0.39, 0.29) is 16.2 Å². The molecule has 0 saturated heterocycles. The third-order valence-corrected chi connectivity index (χ3v) is 5.02. The lowest BCUT2D eigenvalue weighted by Gasteiger charge is -2.14. The first-order valence-corrected chi connectivity index (χ1v) is 8.24. The normalized spacial score (nSPS) is 16.8. The summed E-state index contributed by atoms with van der Waals surface area (Å²) in [4.78, 5) is 12.2. The molecule has 0 aliphatic heterocycles. The Bertz CT molecular complexity index is 634. The lowest BCUT2D eigenvalue weighted by atomic mass is 10.0. The molecule has 110 valence electrons. The van der Waals surface area contributed by atoms with Gasteiger partial charge in [0.1, 0.15) is 0 Å². The molecule has 0 heterocycles. The van der Waals surface area contributed by atoms with Gasteiger partial charge in [-0.15, -0.1) is 0 Å². The Labute approximate surface area is 119 Å². The molecular formula is C14H20N2O3S. The highest BCUT2D eigenvalue weighted by Crippen LogP contribution is 2.47. The van der Waals surface area contributed by atoms with Crippen molar-refractivity contribution in [2.75, 3.05) is 6.54 Å². The molecule has 0 aromatic heterocycles. The molecule has 0 spiro atoms. The SMILES string of the molecule is CCC1(CNC(=O)c2cc(S(N)(=O)=O)ccc2C)CC1. The van der Waals surface area contributed by atoms with Crippen molar-refractivity contribution < 1.29 is 13.2 Å². The number of hydrogen-bond acceptors (Lipinski definition) is 3. The van der Waals surface area contributed by atoms with Crippen LogP contribution in [0.15, 0.2) is 23.1 Å². The Balaban J connectivity index is 2.17. The van der Waals surface area contributed by atoms with Gasteiger partial charge in [0.25, 0.3) is 5.91 Å². The van der Waals surface area contributed by atoms with Crippen molar-refractivity contribution >= 4 is 15.9 Å². The van der Waals surface area contributed by atoms with Crippen LogP contribution in [0.25, 0.3) is 0 Å². The lowest BCUT2D eigenvalue weighted by Crippen LogP contribution is -2.30. The number of rotatable bonds is 5. The van der Waals surface area contributed by atoms with Crippen LogP contribution in [0.1, 0.15) is 42.1 Å². The number of hydrogen-bond donors (Lipinski definition) is 2. The predicted octanol–water partition coefficient (Wildman–Crippen LogP) is 1.56. The van der Waals surface area contributed by atoms with Gasteiger partial charge in [-0.3, -0.25) is 4.79 Å². The van der Waals surface area contributed by atoms with E-state index in [2.05, 4.69) is 12.2 Å². The van der Waals surface area contributed by atoms with Gasteiger partial charge in [-0.1, -0.05) is 13.0 Å². The summed E-state index contributed by atoms with van der Waals surface area (Å²) in [6.45, 7) is 4.53. The van der Waals surface area contributed by atoms with E-state index in [4.69, 9.17) is 5.14 Å². The molecule has 0 unspecified atom stereocenters. The van der Waals surface area contributed by atoms with Crippen LogP contribution in [0.3, 0.4) is 0 Å². The number of amides is 1. The average molecular weight is 296 g/mol. The van der Waals surface area contributed by atoms with Gasteiger partial charge in [-0.2, -0.15) is 0 Å². The summed E-state index contributed by atoms with van der Waals surface area (Å²) in [5.74, 6) is -0.243. The molecule has 1 amide bonds. The number of carbonyl (C=O) groups excluding carboxylic acids is 1. The van der Waals surface area contributed by atoms with Gasteiger partial charge in [-0.05, 0) is 49.3 Å². The van der Waals surface area contributed by atoms with E-state index in [1.807, 2.05) is 0 Å². The average Bonchev–Trinajstić information content (AvgIpc) is 3.16. The highest BCUT2D eigenvalue weighted by molar-refractivity contribution is 7.89. The molecule has 0 radical (unpaired) electrons. The van der Waals surface area contributed by atoms with Crippen LogP contribution in [-0.2, 0) is 10.0 Å². The number of primary sulfonamides is 1. The number of benzene rings is 1. The van der Waals surface area contributed by atoms with Crippen molar-refractivity contribution in [3.05, 3.63) is 29.3 Å². The molecule has 3 N–H and O–H groups in total. The number of aryl methyl sites for hydroxylation is 1. The van der Waals surface area contributed by atoms with Gasteiger partial charge in [0, 0.05) is 12.1 Å². The zero-order valence-corrected chi connectivity index (χ0v) is 12.6. The Morgan fingerprint density at radius 3 is 2.55 bits per heavy atom. The minimum atomic E-state index is -3.79. The zero-order valence-electron chi connectivity index (χ0n) is 11.8. The van der Waals surface area contributed by atoms with E-state index in [1.54, 1.807) is 13.0 Å². The van der Waals surface area contributed by atoms with Gasteiger partial charge in [0.2, 0.25) is 10.0 Å². The first-order valence-electron chi connectivity index (χ1n) is 6.69. The lowest BCUT2D eigenvalue weighted by molar-refractivity contribution is 0.0943. The molecule has 2 rings (SSSR count). The maximum atomic E-state index is 12.2. The molecule has 1 aromatic carbocycles. The quantitative estimate of drug-likeness (QED) is 0.864. The Morgan fingerprint density at radius 2 is 2.05 bits per heavy atom. The van der Waals surface area contributed by atoms with Crippen molar-refractivity contribution in [3.8, 4) is 0 Å². The molecule has 0 atom stereocenters. The van der Waals surface area contributed by atoms with Crippen molar-refractivity contribution in [3.63, 3.8) is 0 Å². The van der Waals surface area contributed by atoms with Gasteiger partial charge in [0.15, 0.2) is 0 Å². The fourth-order valence-corrected chi connectivity index (χ4v) is 2.76. The largest absolute Gasteiger partial charge is 0.351 e. The van der Waals surface area contributed by atoms with E-state index in [0.717, 1.165) is 24.8 Å². The Hall–Kier alpha value is -1.40. The first kappa shape index (κ1) is 15.0. The highest BCUT2D eigenvalue weighted by atomic mass is 32.2. The summed E-state index contributed by atoms with van der Waals surface area (Å²) >= 11 is 0. The summed E-state index contributed by atoms with van der Waals surface area (Å²) in [6, 6.07) is 4.35. The number of nitrogens with one attached hydrogen (secondary N) is 1. The fourth-order valence-electron chi connectivity index (χ4n) is 2.22. The number of nitrogens with two attached hydrogens (primary N) is 1. The van der Waals surface area contributed by atoms with Crippen molar-refractivity contribution in [1.29, 1.82) is 0 Å². The summed E-state index contributed by atoms with van der Waals surface area (Å²) in [6.07, 6.45) is 3.32. The number of sulfonamides is 1. The van der Waals surface area contributed by atoms with Gasteiger partial charge >= 0.3 is 0 Å². The monoisotopic (exact) mass is 296 g/mol.